The average molecular weight is 314 g/mol. The molecule has 0 spiro atoms. The van der Waals surface area contributed by atoms with Crippen molar-refractivity contribution in [2.75, 3.05) is 6.61 Å². The molecule has 22 heavy (non-hydrogen) atoms. The van der Waals surface area contributed by atoms with Gasteiger partial charge >= 0.3 is 5.69 Å². The van der Waals surface area contributed by atoms with Crippen LogP contribution in [0.4, 0.5) is 0 Å². The molecule has 2 rings (SSSR count). The van der Waals surface area contributed by atoms with Crippen LogP contribution in [0.1, 0.15) is 32.6 Å². The summed E-state index contributed by atoms with van der Waals surface area (Å²) in [6, 6.07) is 1.15. The normalized spacial score (nSPS) is 31.5. The highest BCUT2D eigenvalue weighted by Crippen LogP contribution is 2.38. The first-order chi connectivity index (χ1) is 10.5. The van der Waals surface area contributed by atoms with Crippen LogP contribution < -0.4 is 11.2 Å². The van der Waals surface area contributed by atoms with Gasteiger partial charge in [-0.05, 0) is 12.8 Å². The maximum Gasteiger partial charge on any atom is 0.330 e. The minimum absolute atomic E-state index is 0.279. The lowest BCUT2D eigenvalue weighted by molar-refractivity contribution is -0.156. The lowest BCUT2D eigenvalue weighted by Crippen LogP contribution is -2.51. The third-order valence-electron chi connectivity index (χ3n) is 4.07. The Hall–Kier alpha value is -1.48. The van der Waals surface area contributed by atoms with Crippen molar-refractivity contribution in [2.24, 2.45) is 0 Å². The molecule has 0 saturated carbocycles. The highest BCUT2D eigenvalue weighted by atomic mass is 16.6. The van der Waals surface area contributed by atoms with E-state index in [0.717, 1.165) is 23.5 Å². The van der Waals surface area contributed by atoms with E-state index in [9.17, 15) is 24.9 Å². The van der Waals surface area contributed by atoms with Crippen molar-refractivity contribution in [1.29, 1.82) is 0 Å². The van der Waals surface area contributed by atoms with Crippen LogP contribution >= 0.6 is 0 Å². The van der Waals surface area contributed by atoms with Crippen LogP contribution in [0, 0.1) is 0 Å². The van der Waals surface area contributed by atoms with Gasteiger partial charge in [0.05, 0.1) is 6.61 Å². The average Bonchev–Trinajstić information content (AvgIpc) is 2.73. The van der Waals surface area contributed by atoms with Gasteiger partial charge in [0, 0.05) is 12.3 Å². The largest absolute Gasteiger partial charge is 0.394 e. The Bertz CT molecular complexity index is 612. The van der Waals surface area contributed by atoms with E-state index in [2.05, 4.69) is 4.98 Å². The zero-order valence-corrected chi connectivity index (χ0v) is 12.4. The zero-order valence-electron chi connectivity index (χ0n) is 12.4. The number of hydrogen-bond donors (Lipinski definition) is 4. The molecule has 1 fully saturated rings. The third-order valence-corrected chi connectivity index (χ3v) is 4.07. The predicted octanol–water partition coefficient (Wildman–Crippen LogP) is -1.12. The molecule has 0 radical (unpaired) electrons. The molecule has 0 aromatic carbocycles. The van der Waals surface area contributed by atoms with Crippen molar-refractivity contribution in [2.45, 2.75) is 56.6 Å². The number of rotatable bonds is 6. The number of aromatic amines is 1. The molecule has 1 aromatic rings. The standard InChI is InChI=1S/C14H22N2O6/c1-2-3-4-6-14(12(20)11(19)9(8-17)22-14)16-7-5-10(18)15-13(16)21/h5,7,9,11-12,17,19-20H,2-4,6,8H2,1H3,(H,15,18,21)/t9-,11-,12-,14-/m1/s1. The SMILES string of the molecule is CCCCC[C@@]1(n2ccc(=O)[nH]c2=O)O[C@H](CO)[C@@H](O)[C@H]1O. The molecule has 1 aliphatic rings. The molecule has 8 nitrogen and oxygen atoms in total. The minimum atomic E-state index is -1.50. The number of aromatic nitrogens is 2. The molecule has 4 N–H and O–H groups in total. The lowest BCUT2D eigenvalue weighted by atomic mass is 9.96. The summed E-state index contributed by atoms with van der Waals surface area (Å²) >= 11 is 0. The van der Waals surface area contributed by atoms with Gasteiger partial charge in [0.15, 0.2) is 5.72 Å². The van der Waals surface area contributed by atoms with Gasteiger partial charge in [-0.1, -0.05) is 19.8 Å². The van der Waals surface area contributed by atoms with E-state index in [-0.39, 0.29) is 6.42 Å². The van der Waals surface area contributed by atoms with E-state index in [1.165, 1.54) is 6.20 Å². The lowest BCUT2D eigenvalue weighted by Gasteiger charge is -2.33. The van der Waals surface area contributed by atoms with Crippen molar-refractivity contribution in [3.05, 3.63) is 33.1 Å². The first-order valence-electron chi connectivity index (χ1n) is 7.43. The molecular weight excluding hydrogens is 292 g/mol. The molecule has 2 heterocycles. The molecule has 0 unspecified atom stereocenters. The van der Waals surface area contributed by atoms with Crippen LogP contribution in [0.25, 0.3) is 0 Å². The van der Waals surface area contributed by atoms with E-state index in [0.29, 0.717) is 6.42 Å². The Morgan fingerprint density at radius 2 is 2.09 bits per heavy atom. The highest BCUT2D eigenvalue weighted by molar-refractivity contribution is 5.01. The predicted molar refractivity (Wildman–Crippen MR) is 77.4 cm³/mol. The number of H-pyrrole nitrogens is 1. The summed E-state index contributed by atoms with van der Waals surface area (Å²) in [6.45, 7) is 1.53. The Labute approximate surface area is 127 Å². The van der Waals surface area contributed by atoms with Gasteiger partial charge in [-0.2, -0.15) is 0 Å². The zero-order chi connectivity index (χ0) is 16.3. The van der Waals surface area contributed by atoms with Crippen molar-refractivity contribution in [1.82, 2.24) is 9.55 Å². The van der Waals surface area contributed by atoms with E-state index < -0.39 is 41.9 Å². The second kappa shape index (κ2) is 6.74. The molecule has 4 atom stereocenters. The van der Waals surface area contributed by atoms with Crippen LogP contribution in [-0.2, 0) is 10.5 Å². The van der Waals surface area contributed by atoms with Gasteiger partial charge in [-0.15, -0.1) is 0 Å². The van der Waals surface area contributed by atoms with Gasteiger partial charge in [0.2, 0.25) is 0 Å². The van der Waals surface area contributed by atoms with Gasteiger partial charge in [0.1, 0.15) is 18.3 Å². The topological polar surface area (TPSA) is 125 Å². The second-order valence-electron chi connectivity index (χ2n) is 5.56. The summed E-state index contributed by atoms with van der Waals surface area (Å²) in [6.07, 6.45) is 0.272. The fourth-order valence-corrected chi connectivity index (χ4v) is 2.89. The summed E-state index contributed by atoms with van der Waals surface area (Å²) in [5, 5.41) is 29.7. The quantitative estimate of drug-likeness (QED) is 0.493. The van der Waals surface area contributed by atoms with Gasteiger partial charge in [-0.3, -0.25) is 14.3 Å². The summed E-state index contributed by atoms with van der Waals surface area (Å²) in [4.78, 5) is 25.4. The van der Waals surface area contributed by atoms with Crippen LogP contribution in [0.2, 0.25) is 0 Å². The van der Waals surface area contributed by atoms with E-state index in [1.54, 1.807) is 0 Å². The Kier molecular flexibility index (Phi) is 5.17. The smallest absolute Gasteiger partial charge is 0.330 e. The first-order valence-corrected chi connectivity index (χ1v) is 7.43. The molecule has 0 bridgehead atoms. The van der Waals surface area contributed by atoms with Crippen molar-refractivity contribution >= 4 is 0 Å². The Morgan fingerprint density at radius 1 is 1.36 bits per heavy atom. The minimum Gasteiger partial charge on any atom is -0.394 e. The monoisotopic (exact) mass is 314 g/mol. The third kappa shape index (κ3) is 2.87. The Morgan fingerprint density at radius 3 is 2.64 bits per heavy atom. The molecule has 0 amide bonds. The number of aliphatic hydroxyl groups is 3. The molecular formula is C14H22N2O6. The number of hydrogen-bond acceptors (Lipinski definition) is 6. The number of aliphatic hydroxyl groups excluding tert-OH is 3. The number of nitrogens with one attached hydrogen (secondary N) is 1. The van der Waals surface area contributed by atoms with Crippen LogP contribution in [0.3, 0.4) is 0 Å². The maximum absolute atomic E-state index is 12.1. The van der Waals surface area contributed by atoms with E-state index in [1.807, 2.05) is 6.92 Å². The summed E-state index contributed by atoms with van der Waals surface area (Å²) in [5.41, 5.74) is -2.78. The number of ether oxygens (including phenoxy) is 1. The van der Waals surface area contributed by atoms with Crippen molar-refractivity contribution < 1.29 is 20.1 Å². The Balaban J connectivity index is 2.46. The molecule has 1 aliphatic heterocycles. The highest BCUT2D eigenvalue weighted by Gasteiger charge is 2.55. The van der Waals surface area contributed by atoms with E-state index in [4.69, 9.17) is 4.74 Å². The summed E-state index contributed by atoms with van der Waals surface area (Å²) in [5.74, 6) is 0. The van der Waals surface area contributed by atoms with E-state index >= 15 is 0 Å². The molecule has 1 aromatic heterocycles. The molecule has 1 saturated heterocycles. The number of unbranched alkanes of at least 4 members (excludes halogenated alkanes) is 2. The fourth-order valence-electron chi connectivity index (χ4n) is 2.89. The second-order valence-corrected chi connectivity index (χ2v) is 5.56. The molecule has 0 aliphatic carbocycles. The molecule has 8 heteroatoms. The van der Waals surface area contributed by atoms with Crippen LogP contribution in [0.5, 0.6) is 0 Å². The van der Waals surface area contributed by atoms with Crippen LogP contribution in [-0.4, -0.2) is 49.8 Å². The van der Waals surface area contributed by atoms with Gasteiger partial charge < -0.3 is 20.1 Å². The number of nitrogens with zero attached hydrogens (tertiary/aromatic N) is 1. The van der Waals surface area contributed by atoms with Crippen molar-refractivity contribution in [3.63, 3.8) is 0 Å². The summed E-state index contributed by atoms with van der Waals surface area (Å²) < 4.78 is 6.76. The summed E-state index contributed by atoms with van der Waals surface area (Å²) in [7, 11) is 0. The van der Waals surface area contributed by atoms with Crippen LogP contribution in [0.15, 0.2) is 21.9 Å². The molecule has 124 valence electrons. The van der Waals surface area contributed by atoms with Gasteiger partial charge in [0.25, 0.3) is 5.56 Å². The van der Waals surface area contributed by atoms with Gasteiger partial charge in [-0.25, -0.2) is 4.79 Å². The maximum atomic E-state index is 12.1. The fraction of sp³-hybridized carbons (Fsp3) is 0.714. The first kappa shape index (κ1) is 16.9. The van der Waals surface area contributed by atoms with Crippen molar-refractivity contribution in [3.8, 4) is 0 Å².